The molecule has 0 spiro atoms. The molecule has 2 aliphatic rings. The van der Waals surface area contributed by atoms with Gasteiger partial charge in [-0.05, 0) is 49.9 Å². The van der Waals surface area contributed by atoms with Crippen LogP contribution in [0.5, 0.6) is 17.2 Å². The summed E-state index contributed by atoms with van der Waals surface area (Å²) in [4.78, 5) is 32.1. The first-order valence-electron chi connectivity index (χ1n) is 12.8. The summed E-state index contributed by atoms with van der Waals surface area (Å²) >= 11 is 0. The highest BCUT2D eigenvalue weighted by molar-refractivity contribution is 6.12. The average Bonchev–Trinajstić information content (AvgIpc) is 2.92. The van der Waals surface area contributed by atoms with Crippen LogP contribution in [-0.2, 0) is 19.1 Å². The minimum absolute atomic E-state index is 0.0285. The average molecular weight is 522 g/mol. The number of ketones is 1. The van der Waals surface area contributed by atoms with Crippen molar-refractivity contribution in [2.45, 2.75) is 38.5 Å². The number of fused-ring (bicyclic) bond motifs is 1. The van der Waals surface area contributed by atoms with Gasteiger partial charge in [-0.3, -0.25) is 9.79 Å². The van der Waals surface area contributed by atoms with E-state index in [4.69, 9.17) is 28.7 Å². The molecule has 8 nitrogen and oxygen atoms in total. The van der Waals surface area contributed by atoms with Crippen molar-refractivity contribution in [1.82, 2.24) is 0 Å². The van der Waals surface area contributed by atoms with Gasteiger partial charge in [-0.25, -0.2) is 4.79 Å². The summed E-state index contributed by atoms with van der Waals surface area (Å²) in [5, 5.41) is 0. The van der Waals surface area contributed by atoms with Crippen molar-refractivity contribution in [2.24, 2.45) is 10.9 Å². The molecule has 38 heavy (non-hydrogen) atoms. The zero-order valence-corrected chi connectivity index (χ0v) is 22.6. The number of esters is 1. The van der Waals surface area contributed by atoms with Gasteiger partial charge in [0.2, 0.25) is 0 Å². The highest BCUT2D eigenvalue weighted by Gasteiger charge is 2.47. The van der Waals surface area contributed by atoms with Crippen LogP contribution in [0.15, 0.2) is 58.7 Å². The maximum atomic E-state index is 13.9. The largest absolute Gasteiger partial charge is 0.494 e. The maximum Gasteiger partial charge on any atom is 0.336 e. The third kappa shape index (κ3) is 5.45. The number of ether oxygens (including phenoxy) is 5. The molecular formula is C30H35NO7. The van der Waals surface area contributed by atoms with E-state index in [1.165, 1.54) is 0 Å². The number of methoxy groups -OCH3 is 3. The molecule has 0 radical (unpaired) electrons. The Balaban J connectivity index is 1.77. The molecule has 0 N–H and O–H groups in total. The monoisotopic (exact) mass is 521 g/mol. The number of rotatable bonds is 10. The minimum atomic E-state index is -0.582. The molecule has 1 aliphatic carbocycles. The van der Waals surface area contributed by atoms with E-state index in [1.54, 1.807) is 28.3 Å². The van der Waals surface area contributed by atoms with Gasteiger partial charge in [0.15, 0.2) is 11.5 Å². The second kappa shape index (κ2) is 12.3. The summed E-state index contributed by atoms with van der Waals surface area (Å²) in [5.41, 5.74) is 3.47. The topological polar surface area (TPSA) is 92.7 Å². The van der Waals surface area contributed by atoms with Crippen LogP contribution in [-0.4, -0.2) is 58.6 Å². The van der Waals surface area contributed by atoms with Gasteiger partial charge in [0.25, 0.3) is 0 Å². The lowest BCUT2D eigenvalue weighted by atomic mass is 9.66. The molecular weight excluding hydrogens is 486 g/mol. The molecule has 1 saturated carbocycles. The van der Waals surface area contributed by atoms with Gasteiger partial charge in [0, 0.05) is 36.4 Å². The molecule has 202 valence electrons. The van der Waals surface area contributed by atoms with Crippen molar-refractivity contribution >= 4 is 17.5 Å². The zero-order valence-electron chi connectivity index (χ0n) is 22.6. The number of hydrogen-bond acceptors (Lipinski definition) is 8. The molecule has 3 atom stereocenters. The Bertz CT molecular complexity index is 1250. The van der Waals surface area contributed by atoms with Crippen LogP contribution in [0.4, 0.5) is 0 Å². The Hall–Kier alpha value is -3.65. The number of para-hydroxylation sites is 1. The van der Waals surface area contributed by atoms with Crippen LogP contribution in [0.25, 0.3) is 0 Å². The smallest absolute Gasteiger partial charge is 0.336 e. The summed E-state index contributed by atoms with van der Waals surface area (Å²) in [6.07, 6.45) is 0.903. The lowest BCUT2D eigenvalue weighted by Crippen LogP contribution is -2.41. The molecule has 0 aromatic heterocycles. The van der Waals surface area contributed by atoms with Crippen LogP contribution in [0, 0.1) is 5.92 Å². The quantitative estimate of drug-likeness (QED) is 0.325. The molecule has 0 amide bonds. The van der Waals surface area contributed by atoms with Gasteiger partial charge in [-0.1, -0.05) is 24.3 Å². The summed E-state index contributed by atoms with van der Waals surface area (Å²) in [6, 6.07) is 13.3. The van der Waals surface area contributed by atoms with Crippen molar-refractivity contribution in [3.8, 4) is 17.2 Å². The van der Waals surface area contributed by atoms with E-state index >= 15 is 0 Å². The van der Waals surface area contributed by atoms with E-state index in [1.807, 2.05) is 49.4 Å². The first kappa shape index (κ1) is 27.4. The van der Waals surface area contributed by atoms with Crippen molar-refractivity contribution in [3.05, 3.63) is 64.9 Å². The zero-order chi connectivity index (χ0) is 27.2. The molecule has 8 heteroatoms. The predicted octanol–water partition coefficient (Wildman–Crippen LogP) is 4.87. The number of hydrogen-bond donors (Lipinski definition) is 0. The van der Waals surface area contributed by atoms with Crippen LogP contribution < -0.4 is 14.2 Å². The summed E-state index contributed by atoms with van der Waals surface area (Å²) < 4.78 is 27.4. The van der Waals surface area contributed by atoms with Gasteiger partial charge in [0.1, 0.15) is 18.1 Å². The highest BCUT2D eigenvalue weighted by atomic mass is 16.6. The highest BCUT2D eigenvalue weighted by Crippen LogP contribution is 2.48. The number of carbonyl (C=O) groups excluding carboxylic acids is 2. The fourth-order valence-electron chi connectivity index (χ4n) is 5.44. The van der Waals surface area contributed by atoms with Crippen LogP contribution in [0.1, 0.15) is 49.7 Å². The summed E-state index contributed by atoms with van der Waals surface area (Å²) in [6.45, 7) is 4.56. The normalized spacial score (nSPS) is 20.9. The van der Waals surface area contributed by atoms with Gasteiger partial charge < -0.3 is 23.7 Å². The second-order valence-electron chi connectivity index (χ2n) is 9.34. The summed E-state index contributed by atoms with van der Waals surface area (Å²) in [7, 11) is 4.74. The Morgan fingerprint density at radius 1 is 0.947 bits per heavy atom. The van der Waals surface area contributed by atoms with Crippen molar-refractivity contribution in [2.75, 3.05) is 41.2 Å². The lowest BCUT2D eigenvalue weighted by molar-refractivity contribution is -0.140. The van der Waals surface area contributed by atoms with Crippen LogP contribution >= 0.6 is 0 Å². The number of benzene rings is 2. The van der Waals surface area contributed by atoms with E-state index in [0.717, 1.165) is 16.8 Å². The van der Waals surface area contributed by atoms with Gasteiger partial charge in [-0.2, -0.15) is 0 Å². The molecule has 1 aliphatic heterocycles. The number of allylic oxidation sites excluding steroid dienone is 1. The van der Waals surface area contributed by atoms with Gasteiger partial charge in [-0.15, -0.1) is 0 Å². The Kier molecular flexibility index (Phi) is 8.84. The number of Topliss-reactive ketones (excluding diaryl/α,β-unsaturated/α-hetero) is 1. The second-order valence-corrected chi connectivity index (χ2v) is 9.34. The third-order valence-corrected chi connectivity index (χ3v) is 7.13. The van der Waals surface area contributed by atoms with Crippen molar-refractivity contribution in [3.63, 3.8) is 0 Å². The predicted molar refractivity (Wildman–Crippen MR) is 143 cm³/mol. The molecule has 2 aromatic carbocycles. The van der Waals surface area contributed by atoms with E-state index in [9.17, 15) is 9.59 Å². The Morgan fingerprint density at radius 2 is 1.71 bits per heavy atom. The van der Waals surface area contributed by atoms with E-state index in [2.05, 4.69) is 0 Å². The first-order valence-corrected chi connectivity index (χ1v) is 12.8. The maximum absolute atomic E-state index is 13.9. The third-order valence-electron chi connectivity index (χ3n) is 7.13. The van der Waals surface area contributed by atoms with Crippen molar-refractivity contribution < 1.29 is 33.3 Å². The van der Waals surface area contributed by atoms with E-state index < -0.39 is 17.8 Å². The van der Waals surface area contributed by atoms with Crippen LogP contribution in [0.2, 0.25) is 0 Å². The molecule has 4 rings (SSSR count). The van der Waals surface area contributed by atoms with Crippen molar-refractivity contribution in [1.29, 1.82) is 0 Å². The number of aliphatic imine (C=N–C) groups is 1. The van der Waals surface area contributed by atoms with Gasteiger partial charge >= 0.3 is 5.97 Å². The van der Waals surface area contributed by atoms with Gasteiger partial charge in [0.05, 0.1) is 38.9 Å². The molecule has 0 saturated heterocycles. The molecule has 1 unspecified atom stereocenters. The molecule has 1 heterocycles. The summed E-state index contributed by atoms with van der Waals surface area (Å²) in [5.74, 6) is 0.226. The minimum Gasteiger partial charge on any atom is -0.494 e. The molecule has 1 fully saturated rings. The first-order chi connectivity index (χ1) is 18.4. The number of nitrogens with zero attached hydrogens (tertiary/aromatic N) is 1. The molecule has 2 aromatic rings. The Labute approximate surface area is 223 Å². The fraction of sp³-hybridized carbons (Fsp3) is 0.433. The molecule has 0 bridgehead atoms. The standard InChI is InChI=1S/C30H35NO7/c1-6-37-24-10-8-7-9-21(24)28-27(30(33)38-14-13-34-3)18(2)31-22-15-20(16-23(32)29(22)28)19-11-12-25(35-4)26(17-19)36-5/h7-12,17,20,28-29H,6,13-16H2,1-5H3/t20-,28-,29?/m1/s1. The SMILES string of the molecule is CCOc1ccccc1[C@@H]1C(C(=O)OCCOC)=C(C)N=C2C[C@@H](c3ccc(OC)c(OC)c3)CC(=O)C21. The number of carbonyl (C=O) groups is 2. The lowest BCUT2D eigenvalue weighted by Gasteiger charge is -2.38. The fourth-order valence-corrected chi connectivity index (χ4v) is 5.44. The Morgan fingerprint density at radius 3 is 2.42 bits per heavy atom. The van der Waals surface area contributed by atoms with E-state index in [0.29, 0.717) is 48.0 Å². The van der Waals surface area contributed by atoms with Crippen LogP contribution in [0.3, 0.4) is 0 Å². The van der Waals surface area contributed by atoms with E-state index in [-0.39, 0.29) is 24.9 Å².